The van der Waals surface area contributed by atoms with Crippen LogP contribution in [-0.4, -0.2) is 6.26 Å². The van der Waals surface area contributed by atoms with Gasteiger partial charge in [0.25, 0.3) is 0 Å². The molecule has 0 aliphatic carbocycles. The van der Waals surface area contributed by atoms with Gasteiger partial charge in [0, 0.05) is 10.9 Å². The number of hydrazine groups is 1. The minimum Gasteiger partial charge on any atom is -0.271 e. The Morgan fingerprint density at radius 2 is 2.06 bits per heavy atom. The van der Waals surface area contributed by atoms with Crippen LogP contribution in [0.3, 0.4) is 0 Å². The van der Waals surface area contributed by atoms with Gasteiger partial charge in [-0.05, 0) is 24.3 Å². The van der Waals surface area contributed by atoms with Crippen LogP contribution in [0.15, 0.2) is 29.2 Å². The molecule has 0 saturated heterocycles. The van der Waals surface area contributed by atoms with Gasteiger partial charge in [0.15, 0.2) is 0 Å². The van der Waals surface area contributed by atoms with Crippen molar-refractivity contribution >= 4 is 11.8 Å². The molecule has 0 saturated carbocycles. The Morgan fingerprint density at radius 1 is 1.31 bits per heavy atom. The van der Waals surface area contributed by atoms with E-state index in [0.29, 0.717) is 0 Å². The highest BCUT2D eigenvalue weighted by atomic mass is 32.2. The molecule has 0 spiro atoms. The van der Waals surface area contributed by atoms with Gasteiger partial charge in [-0.2, -0.15) is 0 Å². The van der Waals surface area contributed by atoms with E-state index in [1.54, 1.807) is 11.8 Å². The third-order valence-corrected chi connectivity index (χ3v) is 3.62. The second kappa shape index (κ2) is 7.71. The Balaban J connectivity index is 2.69. The van der Waals surface area contributed by atoms with Crippen molar-refractivity contribution in [1.29, 1.82) is 0 Å². The maximum atomic E-state index is 5.65. The van der Waals surface area contributed by atoms with E-state index in [9.17, 15) is 0 Å². The van der Waals surface area contributed by atoms with Crippen molar-refractivity contribution in [3.63, 3.8) is 0 Å². The lowest BCUT2D eigenvalue weighted by atomic mass is 10.0. The van der Waals surface area contributed by atoms with Crippen LogP contribution in [0.5, 0.6) is 0 Å². The van der Waals surface area contributed by atoms with Crippen molar-refractivity contribution in [2.45, 2.75) is 43.5 Å². The SMILES string of the molecule is CCCCCC(NN)c1ccccc1SC. The molecule has 0 amide bonds. The fraction of sp³-hybridized carbons (Fsp3) is 0.538. The lowest BCUT2D eigenvalue weighted by molar-refractivity contribution is 0.481. The minimum atomic E-state index is 0.287. The van der Waals surface area contributed by atoms with E-state index in [0.717, 1.165) is 6.42 Å². The summed E-state index contributed by atoms with van der Waals surface area (Å²) in [7, 11) is 0. The highest BCUT2D eigenvalue weighted by Crippen LogP contribution is 2.28. The molecular formula is C13H22N2S. The molecular weight excluding hydrogens is 216 g/mol. The Labute approximate surface area is 103 Å². The molecule has 1 aromatic carbocycles. The summed E-state index contributed by atoms with van der Waals surface area (Å²) in [6.45, 7) is 2.22. The van der Waals surface area contributed by atoms with Gasteiger partial charge >= 0.3 is 0 Å². The molecule has 0 radical (unpaired) electrons. The van der Waals surface area contributed by atoms with Crippen LogP contribution >= 0.6 is 11.8 Å². The molecule has 0 aliphatic heterocycles. The topological polar surface area (TPSA) is 38.0 Å². The third kappa shape index (κ3) is 3.81. The summed E-state index contributed by atoms with van der Waals surface area (Å²) >= 11 is 1.78. The first-order valence-corrected chi connectivity index (χ1v) is 7.15. The third-order valence-electron chi connectivity index (χ3n) is 2.81. The fourth-order valence-corrected chi connectivity index (χ4v) is 2.54. The first-order valence-electron chi connectivity index (χ1n) is 5.92. The molecule has 1 aromatic rings. The maximum Gasteiger partial charge on any atom is 0.0471 e. The van der Waals surface area contributed by atoms with Gasteiger partial charge in [-0.15, -0.1) is 11.8 Å². The summed E-state index contributed by atoms with van der Waals surface area (Å²) in [5, 5.41) is 0. The fourth-order valence-electron chi connectivity index (χ4n) is 1.88. The predicted octanol–water partition coefficient (Wildman–Crippen LogP) is 3.49. The molecule has 3 N–H and O–H groups in total. The molecule has 0 aromatic heterocycles. The highest BCUT2D eigenvalue weighted by Gasteiger charge is 2.12. The number of nitrogens with one attached hydrogen (secondary N) is 1. The van der Waals surface area contributed by atoms with Gasteiger partial charge in [-0.3, -0.25) is 11.3 Å². The van der Waals surface area contributed by atoms with Gasteiger partial charge in [0.05, 0.1) is 0 Å². The van der Waals surface area contributed by atoms with Gasteiger partial charge in [0.2, 0.25) is 0 Å². The highest BCUT2D eigenvalue weighted by molar-refractivity contribution is 7.98. The van der Waals surface area contributed by atoms with Crippen LogP contribution in [0, 0.1) is 0 Å². The Morgan fingerprint density at radius 3 is 2.69 bits per heavy atom. The number of rotatable bonds is 7. The molecule has 0 bridgehead atoms. The molecule has 1 unspecified atom stereocenters. The number of hydrogen-bond acceptors (Lipinski definition) is 3. The zero-order chi connectivity index (χ0) is 11.8. The monoisotopic (exact) mass is 238 g/mol. The van der Waals surface area contributed by atoms with E-state index < -0.39 is 0 Å². The van der Waals surface area contributed by atoms with E-state index >= 15 is 0 Å². The summed E-state index contributed by atoms with van der Waals surface area (Å²) < 4.78 is 0. The van der Waals surface area contributed by atoms with Crippen LogP contribution in [0.2, 0.25) is 0 Å². The Hall–Kier alpha value is -0.510. The molecule has 3 heteroatoms. The minimum absolute atomic E-state index is 0.287. The van der Waals surface area contributed by atoms with Crippen LogP contribution < -0.4 is 11.3 Å². The van der Waals surface area contributed by atoms with Crippen molar-refractivity contribution in [2.24, 2.45) is 5.84 Å². The summed E-state index contributed by atoms with van der Waals surface area (Å²) in [6, 6.07) is 8.77. The first-order chi connectivity index (χ1) is 7.83. The normalized spacial score (nSPS) is 12.7. The molecule has 1 atom stereocenters. The van der Waals surface area contributed by atoms with Gasteiger partial charge in [0.1, 0.15) is 0 Å². The zero-order valence-corrected chi connectivity index (χ0v) is 11.0. The summed E-state index contributed by atoms with van der Waals surface area (Å²) in [4.78, 5) is 1.32. The van der Waals surface area contributed by atoms with Crippen LogP contribution in [0.1, 0.15) is 44.2 Å². The van der Waals surface area contributed by atoms with E-state index in [2.05, 4.69) is 42.9 Å². The number of nitrogens with two attached hydrogens (primary N) is 1. The van der Waals surface area contributed by atoms with Crippen molar-refractivity contribution in [1.82, 2.24) is 5.43 Å². The smallest absolute Gasteiger partial charge is 0.0471 e. The molecule has 0 aliphatic rings. The second-order valence-electron chi connectivity index (χ2n) is 3.96. The largest absolute Gasteiger partial charge is 0.271 e. The summed E-state index contributed by atoms with van der Waals surface area (Å²) in [5.74, 6) is 5.65. The van der Waals surface area contributed by atoms with Crippen molar-refractivity contribution in [3.05, 3.63) is 29.8 Å². The summed E-state index contributed by atoms with van der Waals surface area (Å²) in [6.07, 6.45) is 6.98. The quantitative estimate of drug-likeness (QED) is 0.330. The second-order valence-corrected chi connectivity index (χ2v) is 4.81. The van der Waals surface area contributed by atoms with E-state index in [1.807, 2.05) is 0 Å². The van der Waals surface area contributed by atoms with Crippen molar-refractivity contribution in [3.8, 4) is 0 Å². The Kier molecular flexibility index (Phi) is 6.53. The van der Waals surface area contributed by atoms with Crippen LogP contribution in [0.25, 0.3) is 0 Å². The zero-order valence-electron chi connectivity index (χ0n) is 10.2. The number of thioether (sulfide) groups is 1. The number of hydrogen-bond donors (Lipinski definition) is 2. The van der Waals surface area contributed by atoms with Crippen molar-refractivity contribution in [2.75, 3.05) is 6.26 Å². The number of unbranched alkanes of at least 4 members (excludes halogenated alkanes) is 2. The molecule has 1 rings (SSSR count). The summed E-state index contributed by atoms with van der Waals surface area (Å²) in [5.41, 5.74) is 4.27. The van der Waals surface area contributed by atoms with Gasteiger partial charge in [-0.1, -0.05) is 44.4 Å². The van der Waals surface area contributed by atoms with E-state index in [-0.39, 0.29) is 6.04 Å². The standard InChI is InChI=1S/C13H22N2S/c1-3-4-5-9-12(15-14)11-8-6-7-10-13(11)16-2/h6-8,10,12,15H,3-5,9,14H2,1-2H3. The van der Waals surface area contributed by atoms with Crippen LogP contribution in [0.4, 0.5) is 0 Å². The van der Waals surface area contributed by atoms with Crippen LogP contribution in [-0.2, 0) is 0 Å². The van der Waals surface area contributed by atoms with E-state index in [4.69, 9.17) is 5.84 Å². The maximum absolute atomic E-state index is 5.65. The first kappa shape index (κ1) is 13.6. The van der Waals surface area contributed by atoms with Gasteiger partial charge < -0.3 is 0 Å². The lowest BCUT2D eigenvalue weighted by Crippen LogP contribution is -2.28. The van der Waals surface area contributed by atoms with Crippen molar-refractivity contribution < 1.29 is 0 Å². The molecule has 2 nitrogen and oxygen atoms in total. The molecule has 0 fully saturated rings. The molecule has 16 heavy (non-hydrogen) atoms. The average molecular weight is 238 g/mol. The Bertz CT molecular complexity index is 302. The van der Waals surface area contributed by atoms with E-state index in [1.165, 1.54) is 29.7 Å². The molecule has 0 heterocycles. The van der Waals surface area contributed by atoms with Gasteiger partial charge in [-0.25, -0.2) is 0 Å². The lowest BCUT2D eigenvalue weighted by Gasteiger charge is -2.18. The predicted molar refractivity (Wildman–Crippen MR) is 72.4 cm³/mol. The number of benzene rings is 1. The molecule has 90 valence electrons. The average Bonchev–Trinajstić information content (AvgIpc) is 2.35.